The lowest BCUT2D eigenvalue weighted by Gasteiger charge is -2.25. The number of nitrogens with one attached hydrogen (secondary N) is 1. The summed E-state index contributed by atoms with van der Waals surface area (Å²) in [7, 11) is 0. The summed E-state index contributed by atoms with van der Waals surface area (Å²) >= 11 is 3.71. The lowest BCUT2D eigenvalue weighted by molar-refractivity contribution is 0.258. The predicted molar refractivity (Wildman–Crippen MR) is 94.6 cm³/mol. The van der Waals surface area contributed by atoms with Crippen LogP contribution in [-0.2, 0) is 0 Å². The van der Waals surface area contributed by atoms with Crippen molar-refractivity contribution in [2.24, 2.45) is 5.92 Å². The van der Waals surface area contributed by atoms with Crippen LogP contribution in [0.4, 0.5) is 0 Å². The van der Waals surface area contributed by atoms with Gasteiger partial charge < -0.3 is 10.2 Å². The number of halogens is 1. The maximum Gasteiger partial charge on any atom is 0.0343 e. The average molecular weight is 353 g/mol. The van der Waals surface area contributed by atoms with Crippen LogP contribution in [0.5, 0.6) is 0 Å². The highest BCUT2D eigenvalue weighted by atomic mass is 79.9. The SMILES string of the molecule is CCCNC(CCN(CC)CC1CC1)c1ccccc1Br. The van der Waals surface area contributed by atoms with Crippen molar-refractivity contribution in [2.45, 2.75) is 45.6 Å². The van der Waals surface area contributed by atoms with Gasteiger partial charge in [0, 0.05) is 17.1 Å². The Morgan fingerprint density at radius 3 is 2.67 bits per heavy atom. The van der Waals surface area contributed by atoms with Crippen LogP contribution < -0.4 is 5.32 Å². The summed E-state index contributed by atoms with van der Waals surface area (Å²) in [4.78, 5) is 2.62. The zero-order valence-corrected chi connectivity index (χ0v) is 15.0. The molecule has 1 unspecified atom stereocenters. The monoisotopic (exact) mass is 352 g/mol. The van der Waals surface area contributed by atoms with Gasteiger partial charge in [-0.05, 0) is 62.9 Å². The van der Waals surface area contributed by atoms with Gasteiger partial charge in [0.05, 0.1) is 0 Å². The third kappa shape index (κ3) is 5.72. The van der Waals surface area contributed by atoms with Gasteiger partial charge in [0.25, 0.3) is 0 Å². The Hall–Kier alpha value is -0.380. The standard InChI is InChI=1S/C18H29BrN2/c1-3-12-20-18(16-7-5-6-8-17(16)19)11-13-21(4-2)14-15-9-10-15/h5-8,15,18,20H,3-4,9-14H2,1-2H3. The highest BCUT2D eigenvalue weighted by Gasteiger charge is 2.24. The molecule has 2 nitrogen and oxygen atoms in total. The van der Waals surface area contributed by atoms with Crippen molar-refractivity contribution >= 4 is 15.9 Å². The molecule has 1 atom stereocenters. The van der Waals surface area contributed by atoms with Crippen LogP contribution in [0.2, 0.25) is 0 Å². The minimum atomic E-state index is 0.453. The summed E-state index contributed by atoms with van der Waals surface area (Å²) < 4.78 is 1.23. The van der Waals surface area contributed by atoms with E-state index >= 15 is 0 Å². The topological polar surface area (TPSA) is 15.3 Å². The van der Waals surface area contributed by atoms with E-state index in [-0.39, 0.29) is 0 Å². The van der Waals surface area contributed by atoms with E-state index in [0.717, 1.165) is 12.5 Å². The highest BCUT2D eigenvalue weighted by Crippen LogP contribution is 2.30. The molecule has 1 aromatic rings. The molecule has 1 aliphatic carbocycles. The summed E-state index contributed by atoms with van der Waals surface area (Å²) in [6.07, 6.45) is 5.25. The summed E-state index contributed by atoms with van der Waals surface area (Å²) in [5.74, 6) is 0.982. The van der Waals surface area contributed by atoms with Gasteiger partial charge in [0.2, 0.25) is 0 Å². The molecule has 118 valence electrons. The van der Waals surface area contributed by atoms with Gasteiger partial charge in [-0.1, -0.05) is 48.0 Å². The van der Waals surface area contributed by atoms with Gasteiger partial charge in [-0.3, -0.25) is 0 Å². The molecule has 0 saturated heterocycles. The molecule has 21 heavy (non-hydrogen) atoms. The second kappa shape index (κ2) is 8.92. The molecule has 0 amide bonds. The van der Waals surface area contributed by atoms with Gasteiger partial charge in [0.1, 0.15) is 0 Å². The first-order valence-corrected chi connectivity index (χ1v) is 9.24. The highest BCUT2D eigenvalue weighted by molar-refractivity contribution is 9.10. The van der Waals surface area contributed by atoms with Gasteiger partial charge in [-0.25, -0.2) is 0 Å². The summed E-state index contributed by atoms with van der Waals surface area (Å²) in [5, 5.41) is 3.72. The quantitative estimate of drug-likeness (QED) is 0.661. The first kappa shape index (κ1) is 17.0. The van der Waals surface area contributed by atoms with Crippen molar-refractivity contribution in [3.63, 3.8) is 0 Å². The van der Waals surface area contributed by atoms with Gasteiger partial charge in [-0.2, -0.15) is 0 Å². The molecule has 1 fully saturated rings. The van der Waals surface area contributed by atoms with Crippen LogP contribution in [-0.4, -0.2) is 31.1 Å². The molecular formula is C18H29BrN2. The van der Waals surface area contributed by atoms with E-state index in [0.29, 0.717) is 6.04 Å². The molecule has 1 N–H and O–H groups in total. The minimum absolute atomic E-state index is 0.453. The summed E-state index contributed by atoms with van der Waals surface area (Å²) in [6, 6.07) is 9.08. The van der Waals surface area contributed by atoms with Gasteiger partial charge in [0.15, 0.2) is 0 Å². The second-order valence-corrected chi connectivity index (χ2v) is 7.01. The van der Waals surface area contributed by atoms with E-state index in [9.17, 15) is 0 Å². The van der Waals surface area contributed by atoms with E-state index in [4.69, 9.17) is 0 Å². The Morgan fingerprint density at radius 2 is 2.05 bits per heavy atom. The number of hydrogen-bond donors (Lipinski definition) is 1. The predicted octanol–water partition coefficient (Wildman–Crippen LogP) is 4.61. The lowest BCUT2D eigenvalue weighted by atomic mass is 10.0. The third-order valence-electron chi connectivity index (χ3n) is 4.32. The third-order valence-corrected chi connectivity index (χ3v) is 5.04. The first-order valence-electron chi connectivity index (χ1n) is 8.44. The van der Waals surface area contributed by atoms with E-state index in [1.165, 1.54) is 55.4 Å². The Bertz CT molecular complexity index is 417. The smallest absolute Gasteiger partial charge is 0.0343 e. The fourth-order valence-corrected chi connectivity index (χ4v) is 3.36. The molecule has 0 heterocycles. The number of rotatable bonds is 10. The molecule has 2 rings (SSSR count). The molecule has 0 radical (unpaired) electrons. The van der Waals surface area contributed by atoms with E-state index in [1.54, 1.807) is 0 Å². The lowest BCUT2D eigenvalue weighted by Crippen LogP contribution is -2.31. The zero-order valence-electron chi connectivity index (χ0n) is 13.4. The van der Waals surface area contributed by atoms with Crippen LogP contribution in [0.1, 0.15) is 51.1 Å². The number of nitrogens with zero attached hydrogens (tertiary/aromatic N) is 1. The molecular weight excluding hydrogens is 324 g/mol. The number of benzene rings is 1. The second-order valence-electron chi connectivity index (χ2n) is 6.15. The molecule has 3 heteroatoms. The summed E-state index contributed by atoms with van der Waals surface area (Å²) in [6.45, 7) is 9.27. The van der Waals surface area contributed by atoms with E-state index in [2.05, 4.69) is 64.3 Å². The largest absolute Gasteiger partial charge is 0.310 e. The van der Waals surface area contributed by atoms with Crippen molar-refractivity contribution < 1.29 is 0 Å². The fraction of sp³-hybridized carbons (Fsp3) is 0.667. The molecule has 1 saturated carbocycles. The van der Waals surface area contributed by atoms with E-state index in [1.807, 2.05) is 0 Å². The van der Waals surface area contributed by atoms with Crippen molar-refractivity contribution in [3.8, 4) is 0 Å². The van der Waals surface area contributed by atoms with Crippen LogP contribution >= 0.6 is 15.9 Å². The molecule has 0 aliphatic heterocycles. The Labute approximate surface area is 138 Å². The van der Waals surface area contributed by atoms with Crippen LogP contribution in [0.25, 0.3) is 0 Å². The Morgan fingerprint density at radius 1 is 1.29 bits per heavy atom. The van der Waals surface area contributed by atoms with Crippen molar-refractivity contribution in [3.05, 3.63) is 34.3 Å². The average Bonchev–Trinajstić information content (AvgIpc) is 3.31. The van der Waals surface area contributed by atoms with Crippen molar-refractivity contribution in [2.75, 3.05) is 26.2 Å². The molecule has 0 bridgehead atoms. The Balaban J connectivity index is 1.93. The minimum Gasteiger partial charge on any atom is -0.310 e. The van der Waals surface area contributed by atoms with Crippen LogP contribution in [0, 0.1) is 5.92 Å². The molecule has 1 aromatic carbocycles. The van der Waals surface area contributed by atoms with Crippen molar-refractivity contribution in [1.29, 1.82) is 0 Å². The molecule has 0 spiro atoms. The van der Waals surface area contributed by atoms with Gasteiger partial charge >= 0.3 is 0 Å². The number of hydrogen-bond acceptors (Lipinski definition) is 2. The molecule has 0 aromatic heterocycles. The zero-order chi connectivity index (χ0) is 15.1. The fourth-order valence-electron chi connectivity index (χ4n) is 2.80. The van der Waals surface area contributed by atoms with Gasteiger partial charge in [-0.15, -0.1) is 0 Å². The first-order chi connectivity index (χ1) is 10.2. The van der Waals surface area contributed by atoms with Crippen LogP contribution in [0.15, 0.2) is 28.7 Å². The molecule has 1 aliphatic rings. The normalized spacial score (nSPS) is 16.4. The maximum absolute atomic E-state index is 3.72. The Kier molecular flexibility index (Phi) is 7.21. The van der Waals surface area contributed by atoms with Crippen LogP contribution in [0.3, 0.4) is 0 Å². The summed E-state index contributed by atoms with van der Waals surface area (Å²) in [5.41, 5.74) is 1.40. The van der Waals surface area contributed by atoms with E-state index < -0.39 is 0 Å². The maximum atomic E-state index is 3.72. The van der Waals surface area contributed by atoms with Crippen molar-refractivity contribution in [1.82, 2.24) is 10.2 Å².